The Morgan fingerprint density at radius 2 is 1.03 bits per heavy atom. The maximum Gasteiger partial charge on any atom is 0.227 e. The largest absolute Gasteiger partial charge is 0.305 e. The number of nitrogens with zero attached hydrogens (tertiary/aromatic N) is 2. The number of benzene rings is 3. The summed E-state index contributed by atoms with van der Waals surface area (Å²) < 4.78 is 0. The van der Waals surface area contributed by atoms with Crippen LogP contribution in [0.2, 0.25) is 0 Å². The quantitative estimate of drug-likeness (QED) is 0.440. The van der Waals surface area contributed by atoms with Gasteiger partial charge in [-0.25, -0.2) is 0 Å². The Morgan fingerprint density at radius 1 is 0.618 bits per heavy atom. The molecule has 2 fully saturated rings. The van der Waals surface area contributed by atoms with Crippen LogP contribution >= 0.6 is 0 Å². The van der Waals surface area contributed by atoms with Crippen LogP contribution < -0.4 is 0 Å². The summed E-state index contributed by atoms with van der Waals surface area (Å²) in [5.74, 6) is 0.193. The minimum atomic E-state index is -0.0666. The first kappa shape index (κ1) is 21.9. The normalized spacial score (nSPS) is 20.1. The van der Waals surface area contributed by atoms with Crippen LogP contribution in [0.15, 0.2) is 98.1 Å². The topological polar surface area (TPSA) is 40.6 Å². The van der Waals surface area contributed by atoms with E-state index < -0.39 is 0 Å². The second-order valence-electron chi connectivity index (χ2n) is 8.93. The summed E-state index contributed by atoms with van der Waals surface area (Å²) in [5, 5.41) is 0. The van der Waals surface area contributed by atoms with Crippen LogP contribution in [0.3, 0.4) is 0 Å². The summed E-state index contributed by atoms with van der Waals surface area (Å²) in [4.78, 5) is 29.4. The molecule has 2 aliphatic heterocycles. The van der Waals surface area contributed by atoms with E-state index in [4.69, 9.17) is 0 Å². The number of carbonyl (C=O) groups is 2. The van der Waals surface area contributed by atoms with Crippen LogP contribution in [0.1, 0.15) is 60.0 Å². The van der Waals surface area contributed by atoms with Gasteiger partial charge in [0.15, 0.2) is 0 Å². The van der Waals surface area contributed by atoms with E-state index in [9.17, 15) is 9.59 Å². The van der Waals surface area contributed by atoms with Gasteiger partial charge in [0, 0.05) is 24.2 Å². The molecule has 0 aromatic heterocycles. The van der Waals surface area contributed by atoms with Crippen molar-refractivity contribution in [3.63, 3.8) is 0 Å². The third-order valence-electron chi connectivity index (χ3n) is 6.90. The minimum absolute atomic E-state index is 0.0666. The van der Waals surface area contributed by atoms with Crippen LogP contribution in [-0.4, -0.2) is 21.6 Å². The fourth-order valence-electron chi connectivity index (χ4n) is 5.19. The van der Waals surface area contributed by atoms with Crippen molar-refractivity contribution in [1.82, 2.24) is 9.80 Å². The summed E-state index contributed by atoms with van der Waals surface area (Å²) in [6.45, 7) is 8.50. The molecule has 2 amide bonds. The van der Waals surface area contributed by atoms with Gasteiger partial charge in [-0.3, -0.25) is 9.59 Å². The van der Waals surface area contributed by atoms with Crippen LogP contribution in [-0.2, 0) is 9.59 Å². The molecule has 2 heterocycles. The number of hydrogen-bond donors (Lipinski definition) is 0. The van der Waals surface area contributed by atoms with Crippen molar-refractivity contribution < 1.29 is 9.59 Å². The molecule has 3 aromatic rings. The van der Waals surface area contributed by atoms with Crippen molar-refractivity contribution >= 4 is 23.2 Å². The van der Waals surface area contributed by atoms with Gasteiger partial charge in [0.1, 0.15) is 0 Å². The van der Waals surface area contributed by atoms with E-state index in [2.05, 4.69) is 31.4 Å². The van der Waals surface area contributed by atoms with Crippen molar-refractivity contribution in [2.45, 2.75) is 37.8 Å². The Morgan fingerprint density at radius 3 is 1.44 bits per heavy atom. The van der Waals surface area contributed by atoms with Crippen LogP contribution in [0.4, 0.5) is 0 Å². The molecule has 4 heteroatoms. The molecule has 0 spiro atoms. The Kier molecular flexibility index (Phi) is 5.89. The maximum absolute atomic E-state index is 12.9. The maximum atomic E-state index is 12.9. The van der Waals surface area contributed by atoms with Gasteiger partial charge in [0.2, 0.25) is 11.8 Å². The Labute approximate surface area is 200 Å². The van der Waals surface area contributed by atoms with E-state index in [1.54, 1.807) is 0 Å². The molecule has 3 aromatic carbocycles. The highest BCUT2D eigenvalue weighted by atomic mass is 16.2. The fraction of sp³-hybridized carbons (Fsp3) is 0.200. The highest BCUT2D eigenvalue weighted by Gasteiger charge is 2.37. The molecule has 2 saturated heterocycles. The summed E-state index contributed by atoms with van der Waals surface area (Å²) in [6.07, 6.45) is 2.50. The molecule has 0 aliphatic carbocycles. The van der Waals surface area contributed by atoms with E-state index in [1.165, 1.54) is 0 Å². The first-order valence-electron chi connectivity index (χ1n) is 11.8. The second-order valence-corrected chi connectivity index (χ2v) is 8.93. The van der Waals surface area contributed by atoms with Gasteiger partial charge in [-0.15, -0.1) is 0 Å². The lowest BCUT2D eigenvalue weighted by atomic mass is 9.96. The lowest BCUT2D eigenvalue weighted by molar-refractivity contribution is -0.126. The number of amides is 2. The molecule has 170 valence electrons. The summed E-state index contributed by atoms with van der Waals surface area (Å²) >= 11 is 0. The molecular formula is C30H28N2O2. The zero-order chi connectivity index (χ0) is 23.7. The third kappa shape index (κ3) is 3.96. The van der Waals surface area contributed by atoms with E-state index in [0.717, 1.165) is 46.5 Å². The smallest absolute Gasteiger partial charge is 0.227 e. The first-order chi connectivity index (χ1) is 16.5. The van der Waals surface area contributed by atoms with Gasteiger partial charge >= 0.3 is 0 Å². The molecule has 2 aliphatic rings. The van der Waals surface area contributed by atoms with Gasteiger partial charge in [-0.1, -0.05) is 98.1 Å². The van der Waals surface area contributed by atoms with E-state index in [0.29, 0.717) is 12.8 Å². The first-order valence-corrected chi connectivity index (χ1v) is 11.8. The van der Waals surface area contributed by atoms with Crippen molar-refractivity contribution in [2.24, 2.45) is 0 Å². The van der Waals surface area contributed by atoms with Crippen molar-refractivity contribution in [1.29, 1.82) is 0 Å². The summed E-state index contributed by atoms with van der Waals surface area (Å²) in [7, 11) is 0. The monoisotopic (exact) mass is 448 g/mol. The highest BCUT2D eigenvalue weighted by molar-refractivity contribution is 5.89. The number of rotatable bonds is 6. The molecule has 0 unspecified atom stereocenters. The van der Waals surface area contributed by atoms with E-state index >= 15 is 0 Å². The number of likely N-dealkylation sites (tertiary alicyclic amines) is 2. The molecular weight excluding hydrogens is 420 g/mol. The van der Waals surface area contributed by atoms with E-state index in [1.807, 2.05) is 76.5 Å². The van der Waals surface area contributed by atoms with Crippen molar-refractivity contribution in [3.05, 3.63) is 120 Å². The summed E-state index contributed by atoms with van der Waals surface area (Å²) in [5.41, 5.74) is 5.51. The Bertz CT molecular complexity index is 1150. The predicted molar refractivity (Wildman–Crippen MR) is 135 cm³/mol. The molecule has 34 heavy (non-hydrogen) atoms. The van der Waals surface area contributed by atoms with Gasteiger partial charge in [0.25, 0.3) is 0 Å². The highest BCUT2D eigenvalue weighted by Crippen LogP contribution is 2.42. The molecule has 0 bridgehead atoms. The molecule has 4 nitrogen and oxygen atoms in total. The minimum Gasteiger partial charge on any atom is -0.305 e. The standard InChI is InChI=1S/C30H28N2O2/c1-21(23-10-5-3-6-11-23)31-27(16-18-29(31)33)25-14-9-15-26(20-25)28-17-19-30(34)32(28)22(2)24-12-7-4-8-13-24/h3-15,20,27-28H,1-2,16-19H2/t27-,28-/m0/s1. The molecule has 0 N–H and O–H groups in total. The SMILES string of the molecule is C=C(c1ccccc1)N1C(=O)CC[C@H]1c1cccc([C@@H]2CCC(=O)N2C(=C)c2ccccc2)c1. The van der Waals surface area contributed by atoms with Crippen molar-refractivity contribution in [2.75, 3.05) is 0 Å². The average Bonchev–Trinajstić information content (AvgIpc) is 3.46. The van der Waals surface area contributed by atoms with Gasteiger partial charge in [-0.05, 0) is 35.1 Å². The van der Waals surface area contributed by atoms with Crippen LogP contribution in [0.5, 0.6) is 0 Å². The third-order valence-corrected chi connectivity index (χ3v) is 6.90. The van der Waals surface area contributed by atoms with Gasteiger partial charge in [-0.2, -0.15) is 0 Å². The molecule has 2 atom stereocenters. The van der Waals surface area contributed by atoms with Gasteiger partial charge < -0.3 is 9.80 Å². The Hall–Kier alpha value is -3.92. The zero-order valence-electron chi connectivity index (χ0n) is 19.2. The number of hydrogen-bond acceptors (Lipinski definition) is 2. The van der Waals surface area contributed by atoms with E-state index in [-0.39, 0.29) is 23.9 Å². The van der Waals surface area contributed by atoms with Crippen molar-refractivity contribution in [3.8, 4) is 0 Å². The number of carbonyl (C=O) groups excluding carboxylic acids is 2. The zero-order valence-corrected chi connectivity index (χ0v) is 19.2. The lowest BCUT2D eigenvalue weighted by Crippen LogP contribution is -2.27. The predicted octanol–water partition coefficient (Wildman–Crippen LogP) is 6.36. The average molecular weight is 449 g/mol. The molecule has 5 rings (SSSR count). The second kappa shape index (κ2) is 9.14. The molecule has 0 saturated carbocycles. The Balaban J connectivity index is 1.45. The lowest BCUT2D eigenvalue weighted by Gasteiger charge is -2.30. The van der Waals surface area contributed by atoms with Crippen LogP contribution in [0, 0.1) is 0 Å². The van der Waals surface area contributed by atoms with Gasteiger partial charge in [0.05, 0.1) is 12.1 Å². The molecule has 0 radical (unpaired) electrons. The fourth-order valence-corrected chi connectivity index (χ4v) is 5.19. The van der Waals surface area contributed by atoms with Crippen LogP contribution in [0.25, 0.3) is 11.4 Å². The summed E-state index contributed by atoms with van der Waals surface area (Å²) in [6, 6.07) is 27.9.